The Morgan fingerprint density at radius 3 is 2.62 bits per heavy atom. The molecule has 0 saturated carbocycles. The second kappa shape index (κ2) is 8.34. The Hall–Kier alpha value is -4.12. The number of ketones is 1. The zero-order chi connectivity index (χ0) is 23.9. The number of Topliss-reactive ketones (excluding diaryl/α,β-unsaturated/α-hetero) is 1. The van der Waals surface area contributed by atoms with Crippen LogP contribution in [0.25, 0.3) is 10.9 Å². The van der Waals surface area contributed by atoms with Gasteiger partial charge in [0.2, 0.25) is 0 Å². The molecule has 0 radical (unpaired) electrons. The standard InChI is InChI=1S/C26H23N3O5/c1-32-17-4-5-20-18(12-17)24(33-2)13-21(28-20)25(31)29-9-7-26(8-10-29)14-22(30)19-11-16(15-27)3-6-23(19)34-26/h3-6,11-13H,7-10,14H2,1-2H3. The van der Waals surface area contributed by atoms with E-state index in [2.05, 4.69) is 11.1 Å². The minimum atomic E-state index is -0.639. The maximum atomic E-state index is 13.3. The van der Waals surface area contributed by atoms with Crippen molar-refractivity contribution >= 4 is 22.6 Å². The first-order valence-corrected chi connectivity index (χ1v) is 11.0. The Bertz CT molecular complexity index is 1350. The predicted octanol–water partition coefficient (Wildman–Crippen LogP) is 3.76. The lowest BCUT2D eigenvalue weighted by atomic mass is 9.82. The molecular weight excluding hydrogens is 434 g/mol. The normalized spacial score (nSPS) is 16.5. The Balaban J connectivity index is 1.35. The van der Waals surface area contributed by atoms with Crippen LogP contribution in [0.2, 0.25) is 0 Å². The van der Waals surface area contributed by atoms with Crippen molar-refractivity contribution in [1.82, 2.24) is 9.88 Å². The van der Waals surface area contributed by atoms with Crippen LogP contribution in [-0.2, 0) is 0 Å². The summed E-state index contributed by atoms with van der Waals surface area (Å²) in [6.45, 7) is 0.894. The molecule has 0 atom stereocenters. The van der Waals surface area contributed by atoms with Gasteiger partial charge in [-0.05, 0) is 36.4 Å². The Morgan fingerprint density at radius 2 is 1.91 bits per heavy atom. The first kappa shape index (κ1) is 21.7. The average Bonchev–Trinajstić information content (AvgIpc) is 2.87. The SMILES string of the molecule is COc1ccc2nc(C(=O)N3CCC4(CC3)CC(=O)c3cc(C#N)ccc3O4)cc(OC)c2c1. The number of hydrogen-bond acceptors (Lipinski definition) is 7. The van der Waals surface area contributed by atoms with E-state index in [4.69, 9.17) is 19.5 Å². The third-order valence-electron chi connectivity index (χ3n) is 6.60. The van der Waals surface area contributed by atoms with Crippen molar-refractivity contribution in [3.8, 4) is 23.3 Å². The van der Waals surface area contributed by atoms with Gasteiger partial charge in [-0.15, -0.1) is 0 Å². The summed E-state index contributed by atoms with van der Waals surface area (Å²) >= 11 is 0. The smallest absolute Gasteiger partial charge is 0.272 e. The van der Waals surface area contributed by atoms with Gasteiger partial charge in [0.15, 0.2) is 5.78 Å². The topological polar surface area (TPSA) is 102 Å². The number of amides is 1. The van der Waals surface area contributed by atoms with Gasteiger partial charge < -0.3 is 19.1 Å². The molecule has 5 rings (SSSR count). The van der Waals surface area contributed by atoms with E-state index in [0.717, 1.165) is 5.39 Å². The average molecular weight is 457 g/mol. The number of fused-ring (bicyclic) bond motifs is 2. The van der Waals surface area contributed by atoms with E-state index < -0.39 is 5.60 Å². The summed E-state index contributed by atoms with van der Waals surface area (Å²) in [5.41, 5.74) is 1.20. The molecule has 1 amide bonds. The van der Waals surface area contributed by atoms with E-state index in [1.165, 1.54) is 0 Å². The number of carbonyl (C=O) groups excluding carboxylic acids is 2. The lowest BCUT2D eigenvalue weighted by Gasteiger charge is -2.43. The minimum Gasteiger partial charge on any atom is -0.497 e. The van der Waals surface area contributed by atoms with Crippen LogP contribution in [0.4, 0.5) is 0 Å². The van der Waals surface area contributed by atoms with Gasteiger partial charge in [-0.2, -0.15) is 5.26 Å². The molecule has 0 aliphatic carbocycles. The second-order valence-electron chi connectivity index (χ2n) is 8.59. The van der Waals surface area contributed by atoms with Gasteiger partial charge in [-0.3, -0.25) is 9.59 Å². The molecule has 8 nitrogen and oxygen atoms in total. The molecule has 1 saturated heterocycles. The molecule has 0 N–H and O–H groups in total. The fourth-order valence-corrected chi connectivity index (χ4v) is 4.70. The summed E-state index contributed by atoms with van der Waals surface area (Å²) in [5, 5.41) is 9.87. The predicted molar refractivity (Wildman–Crippen MR) is 123 cm³/mol. The van der Waals surface area contributed by atoms with Gasteiger partial charge in [-0.1, -0.05) is 0 Å². The highest BCUT2D eigenvalue weighted by atomic mass is 16.5. The van der Waals surface area contributed by atoms with Gasteiger partial charge in [0, 0.05) is 37.4 Å². The molecule has 1 spiro atoms. The van der Waals surface area contributed by atoms with Crippen molar-refractivity contribution in [2.45, 2.75) is 24.9 Å². The lowest BCUT2D eigenvalue weighted by molar-refractivity contribution is -0.00585. The molecule has 1 fully saturated rings. The monoisotopic (exact) mass is 457 g/mol. The van der Waals surface area contributed by atoms with Crippen LogP contribution in [0.1, 0.15) is 45.7 Å². The highest BCUT2D eigenvalue weighted by Crippen LogP contribution is 2.40. The molecule has 172 valence electrons. The van der Waals surface area contributed by atoms with Crippen molar-refractivity contribution < 1.29 is 23.8 Å². The molecule has 0 bridgehead atoms. The Kier molecular flexibility index (Phi) is 5.33. The van der Waals surface area contributed by atoms with Crippen molar-refractivity contribution in [2.24, 2.45) is 0 Å². The van der Waals surface area contributed by atoms with E-state index in [1.54, 1.807) is 55.5 Å². The Labute approximate surface area is 196 Å². The third-order valence-corrected chi connectivity index (χ3v) is 6.60. The molecule has 0 unspecified atom stereocenters. The zero-order valence-electron chi connectivity index (χ0n) is 19.0. The first-order chi connectivity index (χ1) is 16.4. The Morgan fingerprint density at radius 1 is 1.12 bits per heavy atom. The van der Waals surface area contributed by atoms with E-state index in [1.807, 2.05) is 6.07 Å². The number of hydrogen-bond donors (Lipinski definition) is 0. The molecule has 2 aromatic carbocycles. The molecule has 2 aliphatic rings. The number of carbonyl (C=O) groups is 2. The molecule has 34 heavy (non-hydrogen) atoms. The van der Waals surface area contributed by atoms with E-state index in [9.17, 15) is 9.59 Å². The zero-order valence-corrected chi connectivity index (χ0v) is 19.0. The first-order valence-electron chi connectivity index (χ1n) is 11.0. The number of methoxy groups -OCH3 is 2. The van der Waals surface area contributed by atoms with Crippen LogP contribution >= 0.6 is 0 Å². The summed E-state index contributed by atoms with van der Waals surface area (Å²) in [6.07, 6.45) is 1.30. The summed E-state index contributed by atoms with van der Waals surface area (Å²) in [4.78, 5) is 32.4. The van der Waals surface area contributed by atoms with E-state index in [-0.39, 0.29) is 18.1 Å². The highest BCUT2D eigenvalue weighted by Gasteiger charge is 2.44. The van der Waals surface area contributed by atoms with Crippen LogP contribution in [0, 0.1) is 11.3 Å². The summed E-state index contributed by atoms with van der Waals surface area (Å²) in [6, 6.07) is 14.0. The van der Waals surface area contributed by atoms with Crippen LogP contribution in [0.5, 0.6) is 17.2 Å². The van der Waals surface area contributed by atoms with Crippen molar-refractivity contribution in [3.05, 3.63) is 59.3 Å². The molecule has 8 heteroatoms. The number of pyridine rings is 1. The maximum Gasteiger partial charge on any atom is 0.272 e. The van der Waals surface area contributed by atoms with Crippen molar-refractivity contribution in [1.29, 1.82) is 5.26 Å². The van der Waals surface area contributed by atoms with Crippen LogP contribution in [-0.4, -0.2) is 54.5 Å². The lowest BCUT2D eigenvalue weighted by Crippen LogP contribution is -2.52. The van der Waals surface area contributed by atoms with Crippen LogP contribution < -0.4 is 14.2 Å². The van der Waals surface area contributed by atoms with Gasteiger partial charge in [0.05, 0.1) is 43.4 Å². The molecule has 1 aromatic heterocycles. The number of nitriles is 1. The van der Waals surface area contributed by atoms with Gasteiger partial charge >= 0.3 is 0 Å². The third kappa shape index (κ3) is 3.69. The van der Waals surface area contributed by atoms with Crippen LogP contribution in [0.3, 0.4) is 0 Å². The number of likely N-dealkylation sites (tertiary alicyclic amines) is 1. The van der Waals surface area contributed by atoms with E-state index >= 15 is 0 Å². The molecule has 2 aliphatic heterocycles. The van der Waals surface area contributed by atoms with E-state index in [0.29, 0.717) is 65.5 Å². The second-order valence-corrected chi connectivity index (χ2v) is 8.59. The van der Waals surface area contributed by atoms with Crippen LogP contribution in [0.15, 0.2) is 42.5 Å². The van der Waals surface area contributed by atoms with Gasteiger partial charge in [0.25, 0.3) is 5.91 Å². The number of piperidine rings is 1. The molecular formula is C26H23N3O5. The maximum absolute atomic E-state index is 13.3. The largest absolute Gasteiger partial charge is 0.497 e. The molecule has 3 heterocycles. The van der Waals surface area contributed by atoms with Gasteiger partial charge in [-0.25, -0.2) is 4.98 Å². The molecule has 3 aromatic rings. The fraction of sp³-hybridized carbons (Fsp3) is 0.308. The fourth-order valence-electron chi connectivity index (χ4n) is 4.70. The minimum absolute atomic E-state index is 0.0329. The van der Waals surface area contributed by atoms with Gasteiger partial charge in [0.1, 0.15) is 28.5 Å². The number of rotatable bonds is 3. The quantitative estimate of drug-likeness (QED) is 0.590. The summed E-state index contributed by atoms with van der Waals surface area (Å²) in [5.74, 6) is 1.52. The van der Waals surface area contributed by atoms with Crippen molar-refractivity contribution in [3.63, 3.8) is 0 Å². The number of benzene rings is 2. The number of nitrogens with zero attached hydrogens (tertiary/aromatic N) is 3. The highest BCUT2D eigenvalue weighted by molar-refractivity contribution is 6.01. The summed E-state index contributed by atoms with van der Waals surface area (Å²) < 4.78 is 17.1. The number of ether oxygens (including phenoxy) is 3. The summed E-state index contributed by atoms with van der Waals surface area (Å²) in [7, 11) is 3.15. The van der Waals surface area contributed by atoms with Crippen molar-refractivity contribution in [2.75, 3.05) is 27.3 Å². The number of aromatic nitrogens is 1.